The first kappa shape index (κ1) is 17.7. The molecule has 1 aromatic carbocycles. The summed E-state index contributed by atoms with van der Waals surface area (Å²) < 4.78 is 3.54. The number of hydrogen-bond donors (Lipinski definition) is 0. The number of nitrogens with zero attached hydrogens (tertiary/aromatic N) is 4. The molecule has 0 bridgehead atoms. The second-order valence-corrected chi connectivity index (χ2v) is 8.00. The van der Waals surface area contributed by atoms with Crippen molar-refractivity contribution in [2.45, 2.75) is 45.8 Å². The number of Topliss-reactive ketones (excluding diaryl/α,β-unsaturated/α-hetero) is 1. The van der Waals surface area contributed by atoms with Gasteiger partial charge in [0, 0.05) is 12.0 Å². The lowest BCUT2D eigenvalue weighted by atomic mass is 9.92. The van der Waals surface area contributed by atoms with Crippen LogP contribution in [0.3, 0.4) is 0 Å². The Kier molecular flexibility index (Phi) is 4.69. The van der Waals surface area contributed by atoms with Gasteiger partial charge >= 0.3 is 0 Å². The lowest BCUT2D eigenvalue weighted by molar-refractivity contribution is -0.123. The van der Waals surface area contributed by atoms with E-state index in [2.05, 4.69) is 10.2 Å². The van der Waals surface area contributed by atoms with Crippen molar-refractivity contribution in [3.05, 3.63) is 34.6 Å². The second-order valence-electron chi connectivity index (χ2n) is 7.05. The Morgan fingerprint density at radius 2 is 1.92 bits per heavy atom. The predicted octanol–water partition coefficient (Wildman–Crippen LogP) is 3.16. The largest absolute Gasteiger partial charge is 0.298 e. The minimum Gasteiger partial charge on any atom is -0.298 e. The molecule has 0 radical (unpaired) electrons. The molecule has 3 aromatic rings. The van der Waals surface area contributed by atoms with Crippen LogP contribution in [0, 0.1) is 5.41 Å². The first-order valence-corrected chi connectivity index (χ1v) is 9.36. The van der Waals surface area contributed by atoms with E-state index in [-0.39, 0.29) is 16.8 Å². The number of thioether (sulfide) groups is 1. The molecule has 6 nitrogen and oxygen atoms in total. The smallest absolute Gasteiger partial charge is 0.262 e. The van der Waals surface area contributed by atoms with Crippen molar-refractivity contribution >= 4 is 34.2 Å². The Bertz CT molecular complexity index is 998. The topological polar surface area (TPSA) is 69.3 Å². The highest BCUT2D eigenvalue weighted by molar-refractivity contribution is 7.99. The molecule has 132 valence electrons. The molecular weight excluding hydrogens is 336 g/mol. The molecule has 0 atom stereocenters. The standard InChI is InChI=1S/C18H22N4O2S/c1-5-10-21-15(24)12-8-6-7-9-13(12)22-16(21)19-20-17(22)25-11-14(23)18(2,3)4/h6-9H,5,10-11H2,1-4H3. The predicted molar refractivity (Wildman–Crippen MR) is 100 cm³/mol. The molecule has 0 aliphatic heterocycles. The number of carbonyl (C=O) groups excluding carboxylic acids is 1. The molecule has 3 rings (SSSR count). The van der Waals surface area contributed by atoms with E-state index in [1.54, 1.807) is 4.57 Å². The maximum Gasteiger partial charge on any atom is 0.262 e. The van der Waals surface area contributed by atoms with Gasteiger partial charge in [-0.1, -0.05) is 51.6 Å². The normalized spacial score (nSPS) is 12.2. The van der Waals surface area contributed by atoms with Gasteiger partial charge in [0.2, 0.25) is 5.78 Å². The van der Waals surface area contributed by atoms with Crippen molar-refractivity contribution < 1.29 is 4.79 Å². The summed E-state index contributed by atoms with van der Waals surface area (Å²) in [4.78, 5) is 25.0. The van der Waals surface area contributed by atoms with E-state index in [4.69, 9.17) is 0 Å². The van der Waals surface area contributed by atoms with E-state index in [9.17, 15) is 9.59 Å². The number of aromatic nitrogens is 4. The fraction of sp³-hybridized carbons (Fsp3) is 0.444. The van der Waals surface area contributed by atoms with Crippen molar-refractivity contribution in [1.29, 1.82) is 0 Å². The summed E-state index contributed by atoms with van der Waals surface area (Å²) in [5, 5.41) is 9.74. The summed E-state index contributed by atoms with van der Waals surface area (Å²) in [7, 11) is 0. The van der Waals surface area contributed by atoms with Crippen LogP contribution >= 0.6 is 11.8 Å². The van der Waals surface area contributed by atoms with Crippen molar-refractivity contribution in [2.24, 2.45) is 5.41 Å². The van der Waals surface area contributed by atoms with Gasteiger partial charge in [0.15, 0.2) is 5.16 Å². The van der Waals surface area contributed by atoms with Crippen LogP contribution in [0.1, 0.15) is 34.1 Å². The third-order valence-electron chi connectivity index (χ3n) is 4.09. The number of aryl methyl sites for hydroxylation is 1. The first-order chi connectivity index (χ1) is 11.8. The van der Waals surface area contributed by atoms with E-state index in [0.29, 0.717) is 28.6 Å². The number of ketones is 1. The number of carbonyl (C=O) groups is 1. The molecular formula is C18H22N4O2S. The molecule has 0 unspecified atom stereocenters. The Balaban J connectivity index is 2.16. The van der Waals surface area contributed by atoms with Crippen LogP contribution in [0.4, 0.5) is 0 Å². The summed E-state index contributed by atoms with van der Waals surface area (Å²) in [5.41, 5.74) is 0.324. The third kappa shape index (κ3) is 3.20. The molecule has 2 aromatic heterocycles. The maximum atomic E-state index is 12.8. The van der Waals surface area contributed by atoms with Gasteiger partial charge in [-0.3, -0.25) is 18.6 Å². The molecule has 0 N–H and O–H groups in total. The molecule has 7 heteroatoms. The SMILES string of the molecule is CCCn1c(=O)c2ccccc2n2c(SCC(=O)C(C)(C)C)nnc12. The van der Waals surface area contributed by atoms with Crippen molar-refractivity contribution in [3.8, 4) is 0 Å². The van der Waals surface area contributed by atoms with E-state index in [0.717, 1.165) is 11.9 Å². The fourth-order valence-corrected chi connectivity index (χ4v) is 3.70. The average molecular weight is 358 g/mol. The van der Waals surface area contributed by atoms with Crippen LogP contribution in [-0.2, 0) is 11.3 Å². The summed E-state index contributed by atoms with van der Waals surface area (Å²) in [5.74, 6) is 1.00. The quantitative estimate of drug-likeness (QED) is 0.655. The zero-order valence-corrected chi connectivity index (χ0v) is 15.8. The van der Waals surface area contributed by atoms with Gasteiger partial charge in [-0.25, -0.2) is 0 Å². The lowest BCUT2D eigenvalue weighted by Crippen LogP contribution is -2.23. The van der Waals surface area contributed by atoms with E-state index in [1.165, 1.54) is 11.8 Å². The Morgan fingerprint density at radius 3 is 2.60 bits per heavy atom. The zero-order chi connectivity index (χ0) is 18.2. The van der Waals surface area contributed by atoms with Crippen LogP contribution in [-0.4, -0.2) is 30.7 Å². The Labute approximate surface area is 150 Å². The molecule has 0 aliphatic carbocycles. The third-order valence-corrected chi connectivity index (χ3v) is 5.02. The van der Waals surface area contributed by atoms with Crippen LogP contribution in [0.5, 0.6) is 0 Å². The van der Waals surface area contributed by atoms with E-state index < -0.39 is 0 Å². The summed E-state index contributed by atoms with van der Waals surface area (Å²) in [6.45, 7) is 8.33. The van der Waals surface area contributed by atoms with Gasteiger partial charge in [-0.2, -0.15) is 0 Å². The first-order valence-electron chi connectivity index (χ1n) is 8.37. The Morgan fingerprint density at radius 1 is 1.20 bits per heavy atom. The molecule has 0 spiro atoms. The van der Waals surface area contributed by atoms with Gasteiger partial charge in [-0.15, -0.1) is 10.2 Å². The average Bonchev–Trinajstić information content (AvgIpc) is 2.99. The van der Waals surface area contributed by atoms with Crippen molar-refractivity contribution in [1.82, 2.24) is 19.2 Å². The van der Waals surface area contributed by atoms with Gasteiger partial charge in [0.1, 0.15) is 5.78 Å². The molecule has 0 saturated carbocycles. The summed E-state index contributed by atoms with van der Waals surface area (Å²) in [6, 6.07) is 7.45. The molecule has 0 amide bonds. The van der Waals surface area contributed by atoms with E-state index in [1.807, 2.05) is 56.4 Å². The maximum absolute atomic E-state index is 12.8. The number of benzene rings is 1. The van der Waals surface area contributed by atoms with Crippen LogP contribution in [0.2, 0.25) is 0 Å². The number of para-hydroxylation sites is 1. The number of rotatable bonds is 5. The minimum absolute atomic E-state index is 0.0559. The van der Waals surface area contributed by atoms with Gasteiger partial charge in [0.05, 0.1) is 16.7 Å². The highest BCUT2D eigenvalue weighted by atomic mass is 32.2. The zero-order valence-electron chi connectivity index (χ0n) is 14.9. The van der Waals surface area contributed by atoms with Gasteiger partial charge in [0.25, 0.3) is 5.56 Å². The Hall–Kier alpha value is -2.15. The summed E-state index contributed by atoms with van der Waals surface area (Å²) in [6.07, 6.45) is 0.825. The van der Waals surface area contributed by atoms with E-state index >= 15 is 0 Å². The molecule has 25 heavy (non-hydrogen) atoms. The highest BCUT2D eigenvalue weighted by Gasteiger charge is 2.23. The summed E-state index contributed by atoms with van der Waals surface area (Å²) >= 11 is 1.36. The van der Waals surface area contributed by atoms with Crippen LogP contribution < -0.4 is 5.56 Å². The molecule has 0 saturated heterocycles. The van der Waals surface area contributed by atoms with Crippen LogP contribution in [0.15, 0.2) is 34.2 Å². The monoisotopic (exact) mass is 358 g/mol. The molecule has 2 heterocycles. The van der Waals surface area contributed by atoms with Gasteiger partial charge < -0.3 is 0 Å². The minimum atomic E-state index is -0.389. The number of hydrogen-bond acceptors (Lipinski definition) is 5. The lowest BCUT2D eigenvalue weighted by Gasteiger charge is -2.15. The number of fused-ring (bicyclic) bond motifs is 3. The molecule has 0 fully saturated rings. The fourth-order valence-electron chi connectivity index (χ4n) is 2.60. The van der Waals surface area contributed by atoms with Crippen molar-refractivity contribution in [2.75, 3.05) is 5.75 Å². The van der Waals surface area contributed by atoms with Gasteiger partial charge in [-0.05, 0) is 18.6 Å². The second kappa shape index (κ2) is 6.63. The molecule has 0 aliphatic rings. The van der Waals surface area contributed by atoms with Crippen LogP contribution in [0.25, 0.3) is 16.7 Å². The highest BCUT2D eigenvalue weighted by Crippen LogP contribution is 2.24. The van der Waals surface area contributed by atoms with Crippen molar-refractivity contribution in [3.63, 3.8) is 0 Å².